The molecular weight excluding hydrogens is 759 g/mol. The predicted octanol–water partition coefficient (Wildman–Crippen LogP) is 17.2. The maximum Gasteiger partial charge on any atom is 0.136 e. The lowest BCUT2D eigenvalue weighted by atomic mass is 9.96. The third-order valence-corrected chi connectivity index (χ3v) is 13.2. The van der Waals surface area contributed by atoms with Gasteiger partial charge in [-0.3, -0.25) is 0 Å². The Bertz CT molecular complexity index is 3570. The van der Waals surface area contributed by atoms with E-state index in [1.807, 2.05) is 23.5 Å². The Hall–Kier alpha value is -7.72. The van der Waals surface area contributed by atoms with E-state index in [0.29, 0.717) is 0 Å². The number of nitrogens with zero attached hydrogens (tertiary/aromatic N) is 1. The highest BCUT2D eigenvalue weighted by molar-refractivity contribution is 7.25. The van der Waals surface area contributed by atoms with E-state index in [-0.39, 0.29) is 0 Å². The molecule has 286 valence electrons. The molecule has 0 saturated heterocycles. The highest BCUT2D eigenvalue weighted by Gasteiger charge is 2.17. The minimum absolute atomic E-state index is 0.895. The average Bonchev–Trinajstić information content (AvgIpc) is 3.90. The molecule has 0 aliphatic carbocycles. The van der Waals surface area contributed by atoms with E-state index in [1.165, 1.54) is 64.3 Å². The Morgan fingerprint density at radius 1 is 0.311 bits per heavy atom. The van der Waals surface area contributed by atoms with Gasteiger partial charge in [0.1, 0.15) is 11.2 Å². The fraction of sp³-hybridized carbons (Fsp3) is 0. The van der Waals surface area contributed by atoms with Crippen molar-refractivity contribution >= 4 is 81.3 Å². The van der Waals surface area contributed by atoms with Gasteiger partial charge in [-0.25, -0.2) is 0 Å². The van der Waals surface area contributed by atoms with Crippen LogP contribution in [0.2, 0.25) is 0 Å². The molecule has 0 saturated carbocycles. The maximum absolute atomic E-state index is 6.30. The van der Waals surface area contributed by atoms with Crippen molar-refractivity contribution in [2.24, 2.45) is 0 Å². The summed E-state index contributed by atoms with van der Waals surface area (Å²) < 4.78 is 8.93. The van der Waals surface area contributed by atoms with Gasteiger partial charge < -0.3 is 9.32 Å². The molecule has 12 rings (SSSR count). The summed E-state index contributed by atoms with van der Waals surface area (Å²) in [4.78, 5) is 2.36. The van der Waals surface area contributed by atoms with Gasteiger partial charge in [0.15, 0.2) is 0 Å². The van der Waals surface area contributed by atoms with Crippen LogP contribution in [-0.4, -0.2) is 0 Å². The Kier molecular flexibility index (Phi) is 8.39. The molecule has 0 radical (unpaired) electrons. The summed E-state index contributed by atoms with van der Waals surface area (Å²) in [5.41, 5.74) is 14.6. The predicted molar refractivity (Wildman–Crippen MR) is 261 cm³/mol. The summed E-state index contributed by atoms with van der Waals surface area (Å²) in [6.07, 6.45) is 0. The van der Waals surface area contributed by atoms with Crippen molar-refractivity contribution in [1.82, 2.24) is 0 Å². The number of fused-ring (bicyclic) bond motifs is 7. The van der Waals surface area contributed by atoms with Crippen molar-refractivity contribution in [2.45, 2.75) is 0 Å². The molecule has 61 heavy (non-hydrogen) atoms. The summed E-state index contributed by atoms with van der Waals surface area (Å²) >= 11 is 1.86. The second-order valence-electron chi connectivity index (χ2n) is 15.7. The van der Waals surface area contributed by atoms with E-state index in [4.69, 9.17) is 4.42 Å². The zero-order chi connectivity index (χ0) is 40.3. The molecule has 0 aliphatic heterocycles. The van der Waals surface area contributed by atoms with Gasteiger partial charge >= 0.3 is 0 Å². The molecular formula is C58H37NOS. The second-order valence-corrected chi connectivity index (χ2v) is 16.8. The standard InChI is InChI=1S/C58H37NOS/c1-2-14-48-41(10-1)11-8-17-49(48)42-24-22-38(23-25-42)39-26-31-45(32-27-39)59(46-33-28-40(29-34-46)43-30-35-52-51-15-4-6-21-56(51)61-57(52)37-43)47-13-7-12-44(36-47)50-18-9-20-55-58(50)53-16-3-5-19-54(53)60-55/h1-37H. The van der Waals surface area contributed by atoms with E-state index in [0.717, 1.165) is 50.1 Å². The maximum atomic E-state index is 6.30. The molecule has 10 aromatic carbocycles. The first-order chi connectivity index (χ1) is 30.2. The van der Waals surface area contributed by atoms with E-state index in [1.54, 1.807) is 0 Å². The molecule has 0 bridgehead atoms. The molecule has 0 N–H and O–H groups in total. The number of para-hydroxylation sites is 1. The molecule has 2 heterocycles. The van der Waals surface area contributed by atoms with Crippen LogP contribution >= 0.6 is 11.3 Å². The van der Waals surface area contributed by atoms with Crippen molar-refractivity contribution < 1.29 is 4.42 Å². The van der Waals surface area contributed by atoms with Crippen molar-refractivity contribution in [3.05, 3.63) is 224 Å². The minimum atomic E-state index is 0.895. The lowest BCUT2D eigenvalue weighted by molar-refractivity contribution is 0.669. The fourth-order valence-corrected chi connectivity index (χ4v) is 10.3. The first-order valence-corrected chi connectivity index (χ1v) is 21.5. The minimum Gasteiger partial charge on any atom is -0.456 e. The first-order valence-electron chi connectivity index (χ1n) is 20.7. The molecule has 0 atom stereocenters. The quantitative estimate of drug-likeness (QED) is 0.160. The molecule has 0 amide bonds. The van der Waals surface area contributed by atoms with Gasteiger partial charge in [0.05, 0.1) is 0 Å². The van der Waals surface area contributed by atoms with Crippen LogP contribution < -0.4 is 4.90 Å². The van der Waals surface area contributed by atoms with Crippen molar-refractivity contribution in [2.75, 3.05) is 4.90 Å². The van der Waals surface area contributed by atoms with Gasteiger partial charge in [-0.1, -0.05) is 164 Å². The summed E-state index contributed by atoms with van der Waals surface area (Å²) in [6, 6.07) is 81.2. The highest BCUT2D eigenvalue weighted by atomic mass is 32.1. The van der Waals surface area contributed by atoms with Crippen LogP contribution in [0.5, 0.6) is 0 Å². The van der Waals surface area contributed by atoms with Gasteiger partial charge in [0.25, 0.3) is 0 Å². The van der Waals surface area contributed by atoms with Crippen LogP contribution in [0.1, 0.15) is 0 Å². The zero-order valence-electron chi connectivity index (χ0n) is 33.1. The molecule has 0 fully saturated rings. The fourth-order valence-electron chi connectivity index (χ4n) is 9.11. The van der Waals surface area contributed by atoms with Gasteiger partial charge in [-0.15, -0.1) is 11.3 Å². The van der Waals surface area contributed by atoms with Crippen LogP contribution in [0.15, 0.2) is 229 Å². The van der Waals surface area contributed by atoms with Crippen LogP contribution in [0.3, 0.4) is 0 Å². The van der Waals surface area contributed by atoms with E-state index < -0.39 is 0 Å². The molecule has 0 unspecified atom stereocenters. The SMILES string of the molecule is c1cc(-c2cccc3oc4ccccc4c23)cc(N(c2ccc(-c3ccc(-c4cccc5ccccc45)cc3)cc2)c2ccc(-c3ccc4c(c3)sc3ccccc34)cc2)c1. The monoisotopic (exact) mass is 795 g/mol. The number of anilines is 3. The van der Waals surface area contributed by atoms with Crippen LogP contribution in [-0.2, 0) is 0 Å². The largest absolute Gasteiger partial charge is 0.456 e. The lowest BCUT2D eigenvalue weighted by Crippen LogP contribution is -2.10. The highest BCUT2D eigenvalue weighted by Crippen LogP contribution is 2.42. The van der Waals surface area contributed by atoms with E-state index in [2.05, 4.69) is 217 Å². The van der Waals surface area contributed by atoms with Crippen LogP contribution in [0, 0.1) is 0 Å². The summed E-state index contributed by atoms with van der Waals surface area (Å²) in [5.74, 6) is 0. The molecule has 3 heteroatoms. The van der Waals surface area contributed by atoms with Gasteiger partial charge in [-0.05, 0) is 116 Å². The van der Waals surface area contributed by atoms with E-state index in [9.17, 15) is 0 Å². The number of rotatable bonds is 7. The van der Waals surface area contributed by atoms with Gasteiger partial charge in [-0.2, -0.15) is 0 Å². The lowest BCUT2D eigenvalue weighted by Gasteiger charge is -2.26. The Balaban J connectivity index is 0.928. The number of thiophene rings is 1. The van der Waals surface area contributed by atoms with Crippen LogP contribution in [0.4, 0.5) is 17.1 Å². The number of furan rings is 1. The summed E-state index contributed by atoms with van der Waals surface area (Å²) in [6.45, 7) is 0. The van der Waals surface area contributed by atoms with E-state index >= 15 is 0 Å². The third kappa shape index (κ3) is 6.18. The summed E-state index contributed by atoms with van der Waals surface area (Å²) in [7, 11) is 0. The van der Waals surface area contributed by atoms with Gasteiger partial charge in [0, 0.05) is 48.0 Å². The third-order valence-electron chi connectivity index (χ3n) is 12.1. The van der Waals surface area contributed by atoms with Crippen molar-refractivity contribution in [3.63, 3.8) is 0 Å². The molecule has 0 aliphatic rings. The zero-order valence-corrected chi connectivity index (χ0v) is 33.9. The normalized spacial score (nSPS) is 11.6. The second kappa shape index (κ2) is 14.5. The number of benzene rings is 10. The van der Waals surface area contributed by atoms with Crippen molar-refractivity contribution in [3.8, 4) is 44.5 Å². The topological polar surface area (TPSA) is 16.4 Å². The Labute approximate surface area is 357 Å². The Morgan fingerprint density at radius 2 is 0.869 bits per heavy atom. The number of hydrogen-bond donors (Lipinski definition) is 0. The average molecular weight is 796 g/mol. The molecule has 12 aromatic rings. The van der Waals surface area contributed by atoms with Crippen molar-refractivity contribution in [1.29, 1.82) is 0 Å². The molecule has 2 aromatic heterocycles. The summed E-state index contributed by atoms with van der Waals surface area (Å²) in [5, 5.41) is 7.42. The Morgan fingerprint density at radius 3 is 1.67 bits per heavy atom. The smallest absolute Gasteiger partial charge is 0.136 e. The number of hydrogen-bond acceptors (Lipinski definition) is 3. The first kappa shape index (κ1) is 35.2. The van der Waals surface area contributed by atoms with Gasteiger partial charge in [0.2, 0.25) is 0 Å². The molecule has 0 spiro atoms. The molecule has 2 nitrogen and oxygen atoms in total. The van der Waals surface area contributed by atoms with Crippen LogP contribution in [0.25, 0.3) is 97.4 Å².